The summed E-state index contributed by atoms with van der Waals surface area (Å²) in [4.78, 5) is 11.1. The van der Waals surface area contributed by atoms with Gasteiger partial charge in [-0.3, -0.25) is 0 Å². The maximum absolute atomic E-state index is 11.1. The van der Waals surface area contributed by atoms with Gasteiger partial charge in [-0.05, 0) is 40.8 Å². The third-order valence-electron chi connectivity index (χ3n) is 1.26. The van der Waals surface area contributed by atoms with E-state index in [9.17, 15) is 4.79 Å². The summed E-state index contributed by atoms with van der Waals surface area (Å²) in [7, 11) is 3.07. The van der Waals surface area contributed by atoms with Crippen molar-refractivity contribution in [2.75, 3.05) is 6.23 Å². The molecule has 12 heavy (non-hydrogen) atoms. The summed E-state index contributed by atoms with van der Waals surface area (Å²) in [5.41, 5.74) is 0.583. The number of hydrogen-bond donors (Lipinski definition) is 0. The zero-order valence-corrected chi connectivity index (χ0v) is 9.37. The molecule has 61 valence electrons. The van der Waals surface area contributed by atoms with E-state index >= 15 is 0 Å². The summed E-state index contributed by atoms with van der Waals surface area (Å²) in [6.45, 7) is 0. The standard InChI is InChI=1S/C8H6IO2Si/c9-7-3-1-2-6(4-7)8(10)11-5-12/h1-4H,5H2. The van der Waals surface area contributed by atoms with E-state index in [1.165, 1.54) is 0 Å². The van der Waals surface area contributed by atoms with Gasteiger partial charge in [0.2, 0.25) is 0 Å². The van der Waals surface area contributed by atoms with E-state index in [-0.39, 0.29) is 12.2 Å². The zero-order valence-electron chi connectivity index (χ0n) is 6.21. The Bertz CT molecular complexity index is 288. The molecule has 0 unspecified atom stereocenters. The normalized spacial score (nSPS) is 9.50. The van der Waals surface area contributed by atoms with Gasteiger partial charge in [-0.2, -0.15) is 0 Å². The van der Waals surface area contributed by atoms with Crippen LogP contribution in [-0.4, -0.2) is 22.4 Å². The average Bonchev–Trinajstić information content (AvgIpc) is 2.05. The van der Waals surface area contributed by atoms with Crippen LogP contribution in [0.15, 0.2) is 24.3 Å². The molecule has 0 heterocycles. The van der Waals surface area contributed by atoms with Crippen molar-refractivity contribution in [2.45, 2.75) is 0 Å². The molecule has 1 aromatic rings. The van der Waals surface area contributed by atoms with Gasteiger partial charge in [0.1, 0.15) is 0 Å². The third-order valence-corrected chi connectivity index (χ3v) is 2.08. The monoisotopic (exact) mass is 289 g/mol. The SMILES string of the molecule is O=C(OC[Si])c1cccc(I)c1. The highest BCUT2D eigenvalue weighted by molar-refractivity contribution is 14.1. The third kappa shape index (κ3) is 2.60. The van der Waals surface area contributed by atoms with Gasteiger partial charge in [-0.15, -0.1) is 0 Å². The molecule has 0 bridgehead atoms. The molecule has 0 aliphatic carbocycles. The fraction of sp³-hybridized carbons (Fsp3) is 0.125. The molecule has 2 nitrogen and oxygen atoms in total. The molecule has 0 aliphatic heterocycles. The van der Waals surface area contributed by atoms with Crippen molar-refractivity contribution in [3.63, 3.8) is 0 Å². The first-order chi connectivity index (χ1) is 5.74. The lowest BCUT2D eigenvalue weighted by molar-refractivity contribution is 0.0573. The summed E-state index contributed by atoms with van der Waals surface area (Å²) in [6, 6.07) is 7.26. The van der Waals surface area contributed by atoms with E-state index in [2.05, 4.69) is 32.8 Å². The van der Waals surface area contributed by atoms with Crippen LogP contribution in [0.4, 0.5) is 0 Å². The van der Waals surface area contributed by atoms with Crippen molar-refractivity contribution in [2.24, 2.45) is 0 Å². The van der Waals surface area contributed by atoms with Gasteiger partial charge in [0.25, 0.3) is 0 Å². The molecule has 1 rings (SSSR count). The maximum atomic E-state index is 11.1. The molecule has 0 saturated heterocycles. The van der Waals surface area contributed by atoms with Gasteiger partial charge < -0.3 is 4.74 Å². The van der Waals surface area contributed by atoms with E-state index in [4.69, 9.17) is 4.74 Å². The van der Waals surface area contributed by atoms with Crippen molar-refractivity contribution in [1.29, 1.82) is 0 Å². The Hall–Kier alpha value is -0.363. The van der Waals surface area contributed by atoms with Gasteiger partial charge in [0.05, 0.1) is 22.0 Å². The van der Waals surface area contributed by atoms with E-state index in [0.29, 0.717) is 5.56 Å². The molecular formula is C8H6IO2Si. The fourth-order valence-corrected chi connectivity index (χ4v) is 1.44. The number of esters is 1. The Morgan fingerprint density at radius 2 is 2.33 bits per heavy atom. The molecule has 0 aromatic heterocycles. The first kappa shape index (κ1) is 9.72. The summed E-state index contributed by atoms with van der Waals surface area (Å²) >= 11 is 2.15. The van der Waals surface area contributed by atoms with E-state index in [1.807, 2.05) is 12.1 Å². The van der Waals surface area contributed by atoms with Crippen LogP contribution in [0.2, 0.25) is 0 Å². The molecule has 0 fully saturated rings. The van der Waals surface area contributed by atoms with Crippen LogP contribution in [0.1, 0.15) is 10.4 Å². The van der Waals surface area contributed by atoms with Gasteiger partial charge >= 0.3 is 5.97 Å². The average molecular weight is 289 g/mol. The second-order valence-corrected chi connectivity index (χ2v) is 3.62. The molecule has 0 saturated carbocycles. The number of benzene rings is 1. The van der Waals surface area contributed by atoms with E-state index < -0.39 is 0 Å². The summed E-state index contributed by atoms with van der Waals surface area (Å²) in [5.74, 6) is -0.302. The zero-order chi connectivity index (χ0) is 8.97. The second-order valence-electron chi connectivity index (χ2n) is 2.09. The van der Waals surface area contributed by atoms with Gasteiger partial charge in [0.15, 0.2) is 0 Å². The minimum Gasteiger partial charge on any atom is -0.467 e. The smallest absolute Gasteiger partial charge is 0.337 e. The lowest BCUT2D eigenvalue weighted by Gasteiger charge is -2.00. The van der Waals surface area contributed by atoms with Crippen molar-refractivity contribution in [1.82, 2.24) is 0 Å². The molecule has 0 atom stereocenters. The first-order valence-electron chi connectivity index (χ1n) is 3.31. The van der Waals surface area contributed by atoms with Crippen LogP contribution in [0, 0.1) is 3.57 Å². The number of hydrogen-bond acceptors (Lipinski definition) is 2. The summed E-state index contributed by atoms with van der Waals surface area (Å²) < 4.78 is 5.78. The van der Waals surface area contributed by atoms with Crippen molar-refractivity contribution >= 4 is 38.8 Å². The number of rotatable bonds is 2. The minimum absolute atomic E-state index is 0.226. The van der Waals surface area contributed by atoms with Gasteiger partial charge in [-0.25, -0.2) is 4.79 Å². The van der Waals surface area contributed by atoms with Crippen molar-refractivity contribution in [3.8, 4) is 0 Å². The topological polar surface area (TPSA) is 26.3 Å². The Morgan fingerprint density at radius 3 is 2.92 bits per heavy atom. The number of carbonyl (C=O) groups excluding carboxylic acids is 1. The molecule has 3 radical (unpaired) electrons. The second kappa shape index (κ2) is 4.61. The Morgan fingerprint density at radius 1 is 1.58 bits per heavy atom. The fourth-order valence-electron chi connectivity index (χ4n) is 0.764. The minimum atomic E-state index is -0.302. The predicted octanol–water partition coefficient (Wildman–Crippen LogP) is 1.57. The molecule has 0 N–H and O–H groups in total. The largest absolute Gasteiger partial charge is 0.467 e. The van der Waals surface area contributed by atoms with Crippen LogP contribution in [0.3, 0.4) is 0 Å². The van der Waals surface area contributed by atoms with Crippen molar-refractivity contribution in [3.05, 3.63) is 33.4 Å². The van der Waals surface area contributed by atoms with Crippen molar-refractivity contribution < 1.29 is 9.53 Å². The van der Waals surface area contributed by atoms with Gasteiger partial charge in [-0.1, -0.05) is 6.07 Å². The number of carbonyl (C=O) groups is 1. The first-order valence-corrected chi connectivity index (χ1v) is 5.10. The number of halogens is 1. The van der Waals surface area contributed by atoms with Crippen LogP contribution in [-0.2, 0) is 4.74 Å². The quantitative estimate of drug-likeness (QED) is 0.469. The highest BCUT2D eigenvalue weighted by atomic mass is 127. The molecule has 1 aromatic carbocycles. The van der Waals surface area contributed by atoms with Crippen LogP contribution in [0.25, 0.3) is 0 Å². The molecular weight excluding hydrogens is 283 g/mol. The molecule has 4 heteroatoms. The Balaban J connectivity index is 2.81. The molecule has 0 spiro atoms. The van der Waals surface area contributed by atoms with Crippen LogP contribution in [0.5, 0.6) is 0 Å². The maximum Gasteiger partial charge on any atom is 0.337 e. The Kier molecular flexibility index (Phi) is 3.74. The number of ether oxygens (including phenoxy) is 1. The van der Waals surface area contributed by atoms with Gasteiger partial charge in [0, 0.05) is 3.57 Å². The lowest BCUT2D eigenvalue weighted by atomic mass is 10.2. The van der Waals surface area contributed by atoms with Crippen LogP contribution >= 0.6 is 22.6 Å². The Labute approximate surface area is 87.9 Å². The van der Waals surface area contributed by atoms with E-state index in [0.717, 1.165) is 3.57 Å². The lowest BCUT2D eigenvalue weighted by Crippen LogP contribution is -2.05. The summed E-state index contributed by atoms with van der Waals surface area (Å²) in [6.07, 6.45) is 0.226. The van der Waals surface area contributed by atoms with E-state index in [1.54, 1.807) is 12.1 Å². The predicted molar refractivity (Wildman–Crippen MR) is 55.2 cm³/mol. The summed E-state index contributed by atoms with van der Waals surface area (Å²) in [5, 5.41) is 0. The highest BCUT2D eigenvalue weighted by Gasteiger charge is 2.04. The highest BCUT2D eigenvalue weighted by Crippen LogP contribution is 2.08. The molecule has 0 aliphatic rings. The van der Waals surface area contributed by atoms with Crippen LogP contribution < -0.4 is 0 Å². The molecule has 0 amide bonds.